The minimum Gasteiger partial charge on any atom is -0.389 e. The Hall–Kier alpha value is -0.640. The minimum absolute atomic E-state index is 0.00116. The van der Waals surface area contributed by atoms with E-state index in [1.54, 1.807) is 6.08 Å². The Morgan fingerprint density at radius 3 is 3.08 bits per heavy atom. The third-order valence-corrected chi connectivity index (χ3v) is 3.15. The predicted octanol–water partition coefficient (Wildman–Crippen LogP) is -0.00830. The average molecular weight is 180 g/mol. The Labute approximate surface area is 76.3 Å². The van der Waals surface area contributed by atoms with Crippen LogP contribution in [0.5, 0.6) is 0 Å². The van der Waals surface area contributed by atoms with Gasteiger partial charge in [-0.3, -0.25) is 0 Å². The summed E-state index contributed by atoms with van der Waals surface area (Å²) in [5.74, 6) is -0.00116. The van der Waals surface area contributed by atoms with Crippen molar-refractivity contribution in [3.05, 3.63) is 23.8 Å². The molecule has 0 aromatic heterocycles. The lowest BCUT2D eigenvalue weighted by Crippen LogP contribution is -2.40. The number of epoxide rings is 1. The summed E-state index contributed by atoms with van der Waals surface area (Å²) in [5, 5.41) is 19.2. The van der Waals surface area contributed by atoms with E-state index in [-0.39, 0.29) is 12.0 Å². The van der Waals surface area contributed by atoms with Crippen LogP contribution in [0.2, 0.25) is 0 Å². The molecule has 70 valence electrons. The molecule has 3 aliphatic rings. The van der Waals surface area contributed by atoms with E-state index in [4.69, 9.17) is 4.74 Å². The fraction of sp³-hybridized carbons (Fsp3) is 0.600. The number of aliphatic hydroxyl groups excluding tert-OH is 2. The molecular weight excluding hydrogens is 168 g/mol. The van der Waals surface area contributed by atoms with E-state index in [0.717, 1.165) is 12.0 Å². The summed E-state index contributed by atoms with van der Waals surface area (Å²) in [5.41, 5.74) is 1.12. The highest BCUT2D eigenvalue weighted by molar-refractivity contribution is 5.34. The van der Waals surface area contributed by atoms with E-state index in [1.165, 1.54) is 0 Å². The van der Waals surface area contributed by atoms with Gasteiger partial charge in [0.1, 0.15) is 0 Å². The van der Waals surface area contributed by atoms with Crippen molar-refractivity contribution in [3.8, 4) is 0 Å². The first-order chi connectivity index (χ1) is 6.27. The van der Waals surface area contributed by atoms with Gasteiger partial charge in [-0.15, -0.1) is 0 Å². The molecule has 1 unspecified atom stereocenters. The molecule has 0 radical (unpaired) electrons. The first-order valence-electron chi connectivity index (χ1n) is 4.67. The van der Waals surface area contributed by atoms with Crippen molar-refractivity contribution < 1.29 is 14.9 Å². The zero-order valence-electron chi connectivity index (χ0n) is 7.13. The van der Waals surface area contributed by atoms with Crippen LogP contribution in [0.4, 0.5) is 0 Å². The summed E-state index contributed by atoms with van der Waals surface area (Å²) in [7, 11) is 0. The van der Waals surface area contributed by atoms with E-state index < -0.39 is 12.2 Å². The van der Waals surface area contributed by atoms with Crippen LogP contribution in [0.1, 0.15) is 6.42 Å². The number of ether oxygens (including phenoxy) is 1. The Balaban J connectivity index is 1.98. The molecule has 3 heteroatoms. The minimum atomic E-state index is -0.731. The van der Waals surface area contributed by atoms with Gasteiger partial charge >= 0.3 is 0 Å². The van der Waals surface area contributed by atoms with Crippen LogP contribution in [0.25, 0.3) is 0 Å². The molecule has 3 nitrogen and oxygen atoms in total. The molecule has 3 rings (SSSR count). The van der Waals surface area contributed by atoms with E-state index in [1.807, 2.05) is 6.08 Å². The first kappa shape index (κ1) is 7.74. The standard InChI is InChI=1S/C10H12O3/c11-6-3-1-5-2-4-7-10(13-7)8(5)9(6)12/h1-3,6-12H,4H2/t6-,7-,8+,9-,10?/m1/s1. The predicted molar refractivity (Wildman–Crippen MR) is 46.0 cm³/mol. The summed E-state index contributed by atoms with van der Waals surface area (Å²) in [6, 6.07) is 0. The summed E-state index contributed by atoms with van der Waals surface area (Å²) in [4.78, 5) is 0. The van der Waals surface area contributed by atoms with Gasteiger partial charge in [0, 0.05) is 5.92 Å². The van der Waals surface area contributed by atoms with E-state index in [9.17, 15) is 10.2 Å². The van der Waals surface area contributed by atoms with E-state index >= 15 is 0 Å². The molecule has 2 N–H and O–H groups in total. The Morgan fingerprint density at radius 2 is 2.23 bits per heavy atom. The number of aliphatic hydroxyl groups is 2. The normalized spacial score (nSPS) is 52.2. The zero-order chi connectivity index (χ0) is 9.00. The van der Waals surface area contributed by atoms with Crippen LogP contribution < -0.4 is 0 Å². The molecule has 1 heterocycles. The largest absolute Gasteiger partial charge is 0.389 e. The first-order valence-corrected chi connectivity index (χ1v) is 4.67. The van der Waals surface area contributed by atoms with Crippen LogP contribution in [-0.2, 0) is 4.74 Å². The molecule has 0 amide bonds. The van der Waals surface area contributed by atoms with Gasteiger partial charge in [-0.25, -0.2) is 0 Å². The molecular formula is C10H12O3. The average Bonchev–Trinajstić information content (AvgIpc) is 2.89. The molecule has 13 heavy (non-hydrogen) atoms. The van der Waals surface area contributed by atoms with Gasteiger partial charge < -0.3 is 14.9 Å². The zero-order valence-corrected chi connectivity index (χ0v) is 7.13. The van der Waals surface area contributed by atoms with Crippen LogP contribution in [0, 0.1) is 5.92 Å². The summed E-state index contributed by atoms with van der Waals surface area (Å²) in [6.45, 7) is 0. The van der Waals surface area contributed by atoms with Gasteiger partial charge in [0.05, 0.1) is 24.4 Å². The summed E-state index contributed by atoms with van der Waals surface area (Å²) >= 11 is 0. The molecule has 1 fully saturated rings. The van der Waals surface area contributed by atoms with Gasteiger partial charge in [-0.2, -0.15) is 0 Å². The lowest BCUT2D eigenvalue weighted by molar-refractivity contribution is 0.00679. The number of rotatable bonds is 0. The van der Waals surface area contributed by atoms with Crippen molar-refractivity contribution in [1.29, 1.82) is 0 Å². The lowest BCUT2D eigenvalue weighted by atomic mass is 9.78. The second-order valence-electron chi connectivity index (χ2n) is 3.95. The molecule has 5 atom stereocenters. The van der Waals surface area contributed by atoms with Crippen molar-refractivity contribution in [3.63, 3.8) is 0 Å². The second kappa shape index (κ2) is 2.44. The monoisotopic (exact) mass is 180 g/mol. The fourth-order valence-electron chi connectivity index (χ4n) is 2.35. The van der Waals surface area contributed by atoms with Crippen LogP contribution >= 0.6 is 0 Å². The van der Waals surface area contributed by atoms with Crippen molar-refractivity contribution in [2.75, 3.05) is 0 Å². The molecule has 0 saturated carbocycles. The van der Waals surface area contributed by atoms with Crippen LogP contribution in [0.15, 0.2) is 23.8 Å². The molecule has 1 aliphatic heterocycles. The molecule has 0 bridgehead atoms. The van der Waals surface area contributed by atoms with Crippen molar-refractivity contribution in [2.24, 2.45) is 5.92 Å². The lowest BCUT2D eigenvalue weighted by Gasteiger charge is -2.30. The fourth-order valence-corrected chi connectivity index (χ4v) is 2.35. The molecule has 2 aliphatic carbocycles. The van der Waals surface area contributed by atoms with Crippen LogP contribution in [0.3, 0.4) is 0 Å². The smallest absolute Gasteiger partial charge is 0.0990 e. The van der Waals surface area contributed by atoms with Gasteiger partial charge in [0.2, 0.25) is 0 Å². The molecule has 0 spiro atoms. The van der Waals surface area contributed by atoms with Gasteiger partial charge in [-0.1, -0.05) is 18.2 Å². The van der Waals surface area contributed by atoms with E-state index in [2.05, 4.69) is 6.08 Å². The Bertz CT molecular complexity index is 295. The summed E-state index contributed by atoms with van der Waals surface area (Å²) in [6.07, 6.45) is 5.62. The number of allylic oxidation sites excluding steroid dienone is 1. The Morgan fingerprint density at radius 1 is 1.38 bits per heavy atom. The summed E-state index contributed by atoms with van der Waals surface area (Å²) < 4.78 is 5.41. The van der Waals surface area contributed by atoms with E-state index in [0.29, 0.717) is 6.10 Å². The number of hydrogen-bond donors (Lipinski definition) is 2. The SMILES string of the molecule is O[C@@H]1[C@H](O)C=CC2=CC[C@H]3OC3[C@@H]21. The Kier molecular flexibility index (Phi) is 1.45. The van der Waals surface area contributed by atoms with Gasteiger partial charge in [-0.05, 0) is 12.0 Å². The van der Waals surface area contributed by atoms with Crippen molar-refractivity contribution in [1.82, 2.24) is 0 Å². The van der Waals surface area contributed by atoms with Crippen molar-refractivity contribution >= 4 is 0 Å². The number of hydrogen-bond acceptors (Lipinski definition) is 3. The van der Waals surface area contributed by atoms with Gasteiger partial charge in [0.15, 0.2) is 0 Å². The maximum absolute atomic E-state index is 9.75. The molecule has 0 aromatic rings. The maximum Gasteiger partial charge on any atom is 0.0990 e. The second-order valence-corrected chi connectivity index (χ2v) is 3.95. The topological polar surface area (TPSA) is 53.0 Å². The third-order valence-electron chi connectivity index (χ3n) is 3.15. The molecule has 0 aromatic carbocycles. The van der Waals surface area contributed by atoms with Crippen LogP contribution in [-0.4, -0.2) is 34.6 Å². The number of fused-ring (bicyclic) bond motifs is 3. The highest BCUT2D eigenvalue weighted by Crippen LogP contribution is 2.44. The quantitative estimate of drug-likeness (QED) is 0.515. The molecule has 1 saturated heterocycles. The third kappa shape index (κ3) is 1.01. The highest BCUT2D eigenvalue weighted by atomic mass is 16.6. The van der Waals surface area contributed by atoms with Gasteiger partial charge in [0.25, 0.3) is 0 Å². The highest BCUT2D eigenvalue weighted by Gasteiger charge is 2.52. The maximum atomic E-state index is 9.75. The van der Waals surface area contributed by atoms with Crippen molar-refractivity contribution in [2.45, 2.75) is 30.8 Å².